The minimum absolute atomic E-state index is 0.794. The van der Waals surface area contributed by atoms with Gasteiger partial charge in [-0.25, -0.2) is 0 Å². The molecule has 4 N–H and O–H groups in total. The Balaban J connectivity index is 2.18. The van der Waals surface area contributed by atoms with E-state index in [2.05, 4.69) is 24.1 Å². The van der Waals surface area contributed by atoms with Crippen LogP contribution in [-0.2, 0) is 6.42 Å². The molecule has 1 heterocycles. The van der Waals surface area contributed by atoms with Crippen LogP contribution in [0.5, 0.6) is 0 Å². The van der Waals surface area contributed by atoms with Crippen molar-refractivity contribution >= 4 is 22.7 Å². The van der Waals surface area contributed by atoms with Gasteiger partial charge in [0.1, 0.15) is 0 Å². The Morgan fingerprint density at radius 1 is 0.882 bits per heavy atom. The lowest BCUT2D eigenvalue weighted by atomic mass is 9.95. The van der Waals surface area contributed by atoms with Crippen LogP contribution in [0, 0.1) is 0 Å². The second-order valence-electron chi connectivity index (χ2n) is 4.51. The van der Waals surface area contributed by atoms with Gasteiger partial charge in [0.25, 0.3) is 0 Å². The van der Waals surface area contributed by atoms with Crippen molar-refractivity contribution in [2.75, 3.05) is 23.4 Å². The highest BCUT2D eigenvalue weighted by atomic mass is 15.1. The lowest BCUT2D eigenvalue weighted by Gasteiger charge is -2.30. The molecule has 3 heteroatoms. The van der Waals surface area contributed by atoms with Gasteiger partial charge in [0.05, 0.1) is 0 Å². The summed E-state index contributed by atoms with van der Waals surface area (Å²) in [4.78, 5) is 2.15. The molecule has 1 aliphatic rings. The van der Waals surface area contributed by atoms with Crippen LogP contribution in [0.2, 0.25) is 0 Å². The lowest BCUT2D eigenvalue weighted by Crippen LogP contribution is -2.18. The average molecular weight is 225 g/mol. The number of nitrogens with two attached hydrogens (primary N) is 2. The molecule has 0 saturated heterocycles. The van der Waals surface area contributed by atoms with Gasteiger partial charge in [0, 0.05) is 36.2 Å². The molecule has 0 saturated carbocycles. The molecule has 0 spiro atoms. The van der Waals surface area contributed by atoms with Gasteiger partial charge in [-0.15, -0.1) is 0 Å². The van der Waals surface area contributed by atoms with Crippen LogP contribution >= 0.6 is 0 Å². The van der Waals surface area contributed by atoms with Gasteiger partial charge in [0.2, 0.25) is 0 Å². The first-order chi connectivity index (χ1) is 8.15. The van der Waals surface area contributed by atoms with E-state index in [9.17, 15) is 0 Å². The molecule has 0 radical (unpaired) electrons. The van der Waals surface area contributed by atoms with E-state index >= 15 is 0 Å². The maximum atomic E-state index is 5.84. The van der Waals surface area contributed by atoms with Crippen molar-refractivity contribution in [3.63, 3.8) is 0 Å². The molecule has 1 aliphatic heterocycles. The number of anilines is 4. The van der Waals surface area contributed by atoms with Crippen molar-refractivity contribution in [3.8, 4) is 0 Å². The summed E-state index contributed by atoms with van der Waals surface area (Å²) in [5.41, 5.74) is 18.2. The zero-order chi connectivity index (χ0) is 12.0. The van der Waals surface area contributed by atoms with Gasteiger partial charge in [-0.3, -0.25) is 0 Å². The minimum Gasteiger partial charge on any atom is -0.399 e. The number of fused-ring (bicyclic) bond motifs is 2. The van der Waals surface area contributed by atoms with E-state index in [1.54, 1.807) is 0 Å². The lowest BCUT2D eigenvalue weighted by molar-refractivity contribution is 1.06. The second kappa shape index (κ2) is 3.42. The van der Waals surface area contributed by atoms with Crippen LogP contribution in [0.15, 0.2) is 36.4 Å². The molecule has 86 valence electrons. The number of rotatable bonds is 0. The Kier molecular flexibility index (Phi) is 2.01. The summed E-state index contributed by atoms with van der Waals surface area (Å²) in [5.74, 6) is 0. The van der Waals surface area contributed by atoms with E-state index in [4.69, 9.17) is 11.5 Å². The van der Waals surface area contributed by atoms with Crippen molar-refractivity contribution in [3.05, 3.63) is 47.5 Å². The van der Waals surface area contributed by atoms with E-state index < -0.39 is 0 Å². The highest BCUT2D eigenvalue weighted by molar-refractivity contribution is 5.77. The zero-order valence-electron chi connectivity index (χ0n) is 9.77. The highest BCUT2D eigenvalue weighted by Crippen LogP contribution is 2.39. The Morgan fingerprint density at radius 2 is 1.35 bits per heavy atom. The molecule has 0 amide bonds. The predicted octanol–water partition coefficient (Wildman–Crippen LogP) is 2.52. The van der Waals surface area contributed by atoms with E-state index in [-0.39, 0.29) is 0 Å². The van der Waals surface area contributed by atoms with Crippen LogP contribution in [0.1, 0.15) is 11.1 Å². The SMILES string of the molecule is CN1c2cc(N)ccc2Cc2ccc(N)cc21. The Hall–Kier alpha value is -2.16. The van der Waals surface area contributed by atoms with Crippen molar-refractivity contribution in [1.82, 2.24) is 0 Å². The molecular formula is C14H15N3. The number of nitrogen functional groups attached to an aromatic ring is 2. The molecule has 0 aliphatic carbocycles. The van der Waals surface area contributed by atoms with Gasteiger partial charge >= 0.3 is 0 Å². The standard InChI is InChI=1S/C14H15N3/c1-17-13-7-11(15)4-2-9(13)6-10-3-5-12(16)8-14(10)17/h2-5,7-8H,6,15-16H2,1H3. The summed E-state index contributed by atoms with van der Waals surface area (Å²) in [6, 6.07) is 12.1. The van der Waals surface area contributed by atoms with Gasteiger partial charge in [-0.05, 0) is 35.4 Å². The molecule has 0 atom stereocenters. The zero-order valence-corrected chi connectivity index (χ0v) is 9.77. The molecule has 0 aromatic heterocycles. The summed E-state index contributed by atoms with van der Waals surface area (Å²) in [5, 5.41) is 0. The number of hydrogen-bond donors (Lipinski definition) is 2. The van der Waals surface area contributed by atoms with Gasteiger partial charge < -0.3 is 16.4 Å². The third kappa shape index (κ3) is 1.51. The van der Waals surface area contributed by atoms with E-state index in [1.807, 2.05) is 24.3 Å². The topological polar surface area (TPSA) is 55.3 Å². The number of hydrogen-bond acceptors (Lipinski definition) is 3. The quantitative estimate of drug-likeness (QED) is 0.677. The van der Waals surface area contributed by atoms with E-state index in [0.717, 1.165) is 17.8 Å². The summed E-state index contributed by atoms with van der Waals surface area (Å²) >= 11 is 0. The van der Waals surface area contributed by atoms with Crippen LogP contribution in [-0.4, -0.2) is 7.05 Å². The van der Waals surface area contributed by atoms with Crippen LogP contribution < -0.4 is 16.4 Å². The van der Waals surface area contributed by atoms with E-state index in [1.165, 1.54) is 22.5 Å². The molecular weight excluding hydrogens is 210 g/mol. The van der Waals surface area contributed by atoms with Crippen LogP contribution in [0.4, 0.5) is 22.7 Å². The van der Waals surface area contributed by atoms with Gasteiger partial charge in [-0.2, -0.15) is 0 Å². The fourth-order valence-electron chi connectivity index (χ4n) is 2.42. The third-order valence-electron chi connectivity index (χ3n) is 3.32. The van der Waals surface area contributed by atoms with Gasteiger partial charge in [0.15, 0.2) is 0 Å². The van der Waals surface area contributed by atoms with Crippen molar-refractivity contribution < 1.29 is 0 Å². The molecule has 0 unspecified atom stereocenters. The molecule has 3 nitrogen and oxygen atoms in total. The van der Waals surface area contributed by atoms with E-state index in [0.29, 0.717) is 0 Å². The Morgan fingerprint density at radius 3 is 1.82 bits per heavy atom. The Labute approximate surface area is 101 Å². The van der Waals surface area contributed by atoms with Crippen LogP contribution in [0.3, 0.4) is 0 Å². The monoisotopic (exact) mass is 225 g/mol. The first-order valence-corrected chi connectivity index (χ1v) is 5.65. The van der Waals surface area contributed by atoms with Crippen LogP contribution in [0.25, 0.3) is 0 Å². The minimum atomic E-state index is 0.794. The molecule has 2 aromatic rings. The first kappa shape index (κ1) is 10.0. The highest BCUT2D eigenvalue weighted by Gasteiger charge is 2.19. The summed E-state index contributed by atoms with van der Waals surface area (Å²) in [6.45, 7) is 0. The third-order valence-corrected chi connectivity index (χ3v) is 3.32. The number of benzene rings is 2. The van der Waals surface area contributed by atoms with Crippen molar-refractivity contribution in [1.29, 1.82) is 0 Å². The molecule has 0 fully saturated rings. The Bertz CT molecular complexity index is 539. The maximum Gasteiger partial charge on any atom is 0.0464 e. The van der Waals surface area contributed by atoms with Gasteiger partial charge in [-0.1, -0.05) is 12.1 Å². The molecule has 0 bridgehead atoms. The average Bonchev–Trinajstić information content (AvgIpc) is 2.32. The smallest absolute Gasteiger partial charge is 0.0464 e. The predicted molar refractivity (Wildman–Crippen MR) is 72.6 cm³/mol. The summed E-state index contributed by atoms with van der Waals surface area (Å²) in [6.07, 6.45) is 0.940. The fourth-order valence-corrected chi connectivity index (χ4v) is 2.42. The van der Waals surface area contributed by atoms with Crippen molar-refractivity contribution in [2.24, 2.45) is 0 Å². The second-order valence-corrected chi connectivity index (χ2v) is 4.51. The molecule has 17 heavy (non-hydrogen) atoms. The first-order valence-electron chi connectivity index (χ1n) is 5.65. The van der Waals surface area contributed by atoms with Crippen molar-refractivity contribution in [2.45, 2.75) is 6.42 Å². The molecule has 3 rings (SSSR count). The summed E-state index contributed by atoms with van der Waals surface area (Å²) in [7, 11) is 2.05. The largest absolute Gasteiger partial charge is 0.399 e. The molecule has 2 aromatic carbocycles. The maximum absolute atomic E-state index is 5.84. The summed E-state index contributed by atoms with van der Waals surface area (Å²) < 4.78 is 0. The fraction of sp³-hybridized carbons (Fsp3) is 0.143. The number of nitrogens with zero attached hydrogens (tertiary/aromatic N) is 1. The normalized spacial score (nSPS) is 13.1.